The van der Waals surface area contributed by atoms with E-state index < -0.39 is 5.97 Å². The van der Waals surface area contributed by atoms with E-state index >= 15 is 0 Å². The van der Waals surface area contributed by atoms with Gasteiger partial charge in [0.05, 0.1) is 18.5 Å². The first-order chi connectivity index (χ1) is 14.1. The van der Waals surface area contributed by atoms with Crippen molar-refractivity contribution in [2.75, 3.05) is 26.4 Å². The Morgan fingerprint density at radius 2 is 2.17 bits per heavy atom. The number of carbonyl (C=O) groups excluding carboxylic acids is 2. The number of rotatable bonds is 6. The summed E-state index contributed by atoms with van der Waals surface area (Å²) in [6.07, 6.45) is 4.94. The van der Waals surface area contributed by atoms with Crippen LogP contribution in [0.4, 0.5) is 0 Å². The number of ether oxygens (including phenoxy) is 2. The average molecular weight is 404 g/mol. The highest BCUT2D eigenvalue weighted by Gasteiger charge is 2.23. The topological polar surface area (TPSA) is 108 Å². The molecule has 9 heteroatoms. The molecule has 3 heterocycles. The summed E-state index contributed by atoms with van der Waals surface area (Å²) in [5, 5.41) is 7.61. The van der Waals surface area contributed by atoms with E-state index in [2.05, 4.69) is 15.4 Å². The van der Waals surface area contributed by atoms with Gasteiger partial charge in [0.2, 0.25) is 5.76 Å². The predicted octanol–water partition coefficient (Wildman–Crippen LogP) is 2.07. The third-order valence-electron chi connectivity index (χ3n) is 4.73. The number of esters is 1. The highest BCUT2D eigenvalue weighted by Crippen LogP contribution is 2.19. The Balaban J connectivity index is 1.65. The summed E-state index contributed by atoms with van der Waals surface area (Å²) < 4.78 is 17.8. The molecule has 2 aromatic heterocycles. The van der Waals surface area contributed by atoms with Gasteiger partial charge in [-0.15, -0.1) is 0 Å². The quantitative estimate of drug-likeness (QED) is 0.580. The second-order valence-electron chi connectivity index (χ2n) is 6.90. The molecule has 1 N–H and O–H groups in total. The first kappa shape index (κ1) is 21.0. The van der Waals surface area contributed by atoms with Gasteiger partial charge in [-0.1, -0.05) is 0 Å². The van der Waals surface area contributed by atoms with E-state index in [1.165, 1.54) is 6.20 Å². The van der Waals surface area contributed by atoms with Crippen LogP contribution in [0.2, 0.25) is 0 Å². The number of hydrogen-bond acceptors (Lipinski definition) is 7. The molecule has 0 aliphatic carbocycles. The summed E-state index contributed by atoms with van der Waals surface area (Å²) >= 11 is 0. The normalized spacial score (nSPS) is 15.3. The molecule has 1 aliphatic rings. The van der Waals surface area contributed by atoms with E-state index in [1.807, 2.05) is 6.92 Å². The number of aryl methyl sites for hydroxylation is 3. The second-order valence-corrected chi connectivity index (χ2v) is 6.90. The van der Waals surface area contributed by atoms with Gasteiger partial charge in [0, 0.05) is 38.8 Å². The van der Waals surface area contributed by atoms with Gasteiger partial charge in [0.25, 0.3) is 5.91 Å². The van der Waals surface area contributed by atoms with Crippen LogP contribution in [0.5, 0.6) is 0 Å². The van der Waals surface area contributed by atoms with Gasteiger partial charge in [-0.2, -0.15) is 5.10 Å². The van der Waals surface area contributed by atoms with Crippen molar-refractivity contribution in [3.8, 4) is 0 Å². The van der Waals surface area contributed by atoms with Crippen LogP contribution in [0.25, 0.3) is 0 Å². The van der Waals surface area contributed by atoms with Crippen LogP contribution in [0, 0.1) is 6.92 Å². The highest BCUT2D eigenvalue weighted by molar-refractivity contribution is 5.94. The molecular weight excluding hydrogens is 376 g/mol. The third kappa shape index (κ3) is 5.44. The minimum Gasteiger partial charge on any atom is -0.460 e. The van der Waals surface area contributed by atoms with Gasteiger partial charge in [0.1, 0.15) is 5.69 Å². The van der Waals surface area contributed by atoms with Crippen molar-refractivity contribution in [1.29, 1.82) is 0 Å². The summed E-state index contributed by atoms with van der Waals surface area (Å²) in [4.78, 5) is 28.5. The highest BCUT2D eigenvalue weighted by atomic mass is 16.5. The Labute approximate surface area is 169 Å². The molecular formula is C20H28N4O5. The summed E-state index contributed by atoms with van der Waals surface area (Å²) in [6.45, 7) is 6.40. The number of amides is 1. The molecule has 158 valence electrons. The molecule has 1 amide bonds. The number of fused-ring (bicyclic) bond motifs is 1. The van der Waals surface area contributed by atoms with Crippen LogP contribution in [0.3, 0.4) is 0 Å². The zero-order valence-corrected chi connectivity index (χ0v) is 17.0. The number of oxazole rings is 1. The van der Waals surface area contributed by atoms with E-state index in [1.54, 1.807) is 11.6 Å². The Morgan fingerprint density at radius 1 is 1.34 bits per heavy atom. The van der Waals surface area contributed by atoms with Crippen molar-refractivity contribution in [3.05, 3.63) is 34.8 Å². The van der Waals surface area contributed by atoms with Crippen LogP contribution in [0.1, 0.15) is 64.4 Å². The zero-order chi connectivity index (χ0) is 20.6. The molecule has 0 atom stereocenters. The lowest BCUT2D eigenvalue weighted by Crippen LogP contribution is -2.28. The monoisotopic (exact) mass is 404 g/mol. The number of aromatic nitrogens is 3. The molecule has 29 heavy (non-hydrogen) atoms. The van der Waals surface area contributed by atoms with E-state index in [9.17, 15) is 9.59 Å². The lowest BCUT2D eigenvalue weighted by atomic mass is 10.0. The maximum absolute atomic E-state index is 12.7. The number of hydrogen-bond donors (Lipinski definition) is 1. The Kier molecular flexibility index (Phi) is 7.40. The molecule has 2 aromatic rings. The molecule has 3 rings (SSSR count). The van der Waals surface area contributed by atoms with Crippen LogP contribution in [-0.4, -0.2) is 53.0 Å². The van der Waals surface area contributed by atoms with E-state index in [0.29, 0.717) is 50.7 Å². The first-order valence-corrected chi connectivity index (χ1v) is 10.1. The predicted molar refractivity (Wildman–Crippen MR) is 104 cm³/mol. The van der Waals surface area contributed by atoms with Crippen LogP contribution in [-0.2, 0) is 28.9 Å². The smallest absolute Gasteiger partial charge is 0.375 e. The second kappa shape index (κ2) is 10.2. The molecule has 0 spiro atoms. The molecule has 0 saturated carbocycles. The van der Waals surface area contributed by atoms with Crippen molar-refractivity contribution in [2.24, 2.45) is 0 Å². The maximum Gasteiger partial charge on any atom is 0.375 e. The fourth-order valence-corrected chi connectivity index (χ4v) is 3.34. The van der Waals surface area contributed by atoms with Crippen LogP contribution >= 0.6 is 0 Å². The lowest BCUT2D eigenvalue weighted by Gasteiger charge is -2.08. The van der Waals surface area contributed by atoms with E-state index in [4.69, 9.17) is 13.9 Å². The minimum atomic E-state index is -0.527. The molecule has 1 aliphatic heterocycles. The van der Waals surface area contributed by atoms with Crippen molar-refractivity contribution in [2.45, 2.75) is 52.5 Å². The van der Waals surface area contributed by atoms with Gasteiger partial charge >= 0.3 is 5.97 Å². The number of carbonyl (C=O) groups is 2. The van der Waals surface area contributed by atoms with E-state index in [-0.39, 0.29) is 18.3 Å². The molecule has 0 unspecified atom stereocenters. The number of nitrogens with zero attached hydrogens (tertiary/aromatic N) is 3. The van der Waals surface area contributed by atoms with Gasteiger partial charge in [0.15, 0.2) is 5.89 Å². The first-order valence-electron chi connectivity index (χ1n) is 10.1. The van der Waals surface area contributed by atoms with Crippen molar-refractivity contribution in [1.82, 2.24) is 20.1 Å². The molecule has 0 aromatic carbocycles. The largest absolute Gasteiger partial charge is 0.460 e. The molecule has 0 saturated heterocycles. The summed E-state index contributed by atoms with van der Waals surface area (Å²) in [5.74, 6) is -0.0940. The van der Waals surface area contributed by atoms with Gasteiger partial charge in [-0.05, 0) is 39.0 Å². The molecule has 0 radical (unpaired) electrons. The fourth-order valence-electron chi connectivity index (χ4n) is 3.34. The average Bonchev–Trinajstić information content (AvgIpc) is 3.29. The standard InChI is InChI=1S/C20H28N4O5/c1-3-24-18-15(7-4-10-27-11-6-9-21-19(18)25)16(23-24)8-5-12-28-20(26)17-13-22-14(2)29-17/h13H,3-12H2,1-2H3,(H,21,25). The number of nitrogens with one attached hydrogen (secondary N) is 1. The molecule has 0 bridgehead atoms. The van der Waals surface area contributed by atoms with Crippen molar-refractivity contribution in [3.63, 3.8) is 0 Å². The Bertz CT molecular complexity index is 842. The third-order valence-corrected chi connectivity index (χ3v) is 4.73. The fraction of sp³-hybridized carbons (Fsp3) is 0.600. The van der Waals surface area contributed by atoms with Gasteiger partial charge in [-0.3, -0.25) is 9.48 Å². The Morgan fingerprint density at radius 3 is 2.93 bits per heavy atom. The SMILES string of the molecule is CCn1nc(CCCOC(=O)c2cnc(C)o2)c2c1C(=O)NCCCOCCC2. The van der Waals surface area contributed by atoms with Crippen molar-refractivity contribution < 1.29 is 23.5 Å². The van der Waals surface area contributed by atoms with Crippen LogP contribution < -0.4 is 5.32 Å². The van der Waals surface area contributed by atoms with Crippen molar-refractivity contribution >= 4 is 11.9 Å². The van der Waals surface area contributed by atoms with Gasteiger partial charge < -0.3 is 19.2 Å². The molecule has 9 nitrogen and oxygen atoms in total. The minimum absolute atomic E-state index is 0.0883. The maximum atomic E-state index is 12.7. The van der Waals surface area contributed by atoms with E-state index in [0.717, 1.165) is 30.5 Å². The molecule has 0 fully saturated rings. The summed E-state index contributed by atoms with van der Waals surface area (Å²) in [7, 11) is 0. The summed E-state index contributed by atoms with van der Waals surface area (Å²) in [6, 6.07) is 0. The van der Waals surface area contributed by atoms with Crippen LogP contribution in [0.15, 0.2) is 10.6 Å². The van der Waals surface area contributed by atoms with Gasteiger partial charge in [-0.25, -0.2) is 9.78 Å². The summed E-state index contributed by atoms with van der Waals surface area (Å²) in [5.41, 5.74) is 2.48. The lowest BCUT2D eigenvalue weighted by molar-refractivity contribution is 0.0462. The zero-order valence-electron chi connectivity index (χ0n) is 17.0. The Hall–Kier alpha value is -2.68.